The monoisotopic (exact) mass is 430 g/mol. The number of benzene rings is 1. The fourth-order valence-corrected chi connectivity index (χ4v) is 4.52. The van der Waals surface area contributed by atoms with Crippen molar-refractivity contribution >= 4 is 33.5 Å². The molecule has 1 amide bonds. The number of pyridine rings is 1. The number of carbonyl (C=O) groups is 1. The molecule has 0 saturated carbocycles. The number of fused-ring (bicyclic) bond motifs is 3. The van der Waals surface area contributed by atoms with Crippen molar-refractivity contribution in [2.45, 2.75) is 26.4 Å². The zero-order valence-corrected chi connectivity index (χ0v) is 18.1. The Balaban J connectivity index is 1.38. The van der Waals surface area contributed by atoms with Gasteiger partial charge in [0.05, 0.1) is 6.20 Å². The molecule has 1 aliphatic heterocycles. The molecule has 0 N–H and O–H groups in total. The summed E-state index contributed by atoms with van der Waals surface area (Å²) in [5.74, 6) is 0.837. The number of hydrogen-bond acceptors (Lipinski definition) is 5. The van der Waals surface area contributed by atoms with Crippen LogP contribution in [0.3, 0.4) is 0 Å². The van der Waals surface area contributed by atoms with Gasteiger partial charge in [0.25, 0.3) is 5.56 Å². The zero-order valence-electron chi connectivity index (χ0n) is 18.1. The first kappa shape index (κ1) is 20.2. The first-order valence-corrected chi connectivity index (χ1v) is 11.1. The molecule has 1 aliphatic rings. The van der Waals surface area contributed by atoms with Crippen LogP contribution in [0.15, 0.2) is 59.7 Å². The summed E-state index contributed by atoms with van der Waals surface area (Å²) in [4.78, 5) is 34.7. The van der Waals surface area contributed by atoms with Crippen LogP contribution in [0.1, 0.15) is 13.3 Å². The maximum absolute atomic E-state index is 13.3. The fraction of sp³-hybridized carbons (Fsp3) is 0.333. The highest BCUT2D eigenvalue weighted by atomic mass is 16.2. The van der Waals surface area contributed by atoms with Gasteiger partial charge < -0.3 is 14.4 Å². The molecule has 8 nitrogen and oxygen atoms in total. The van der Waals surface area contributed by atoms with Crippen LogP contribution in [0.4, 0.5) is 5.82 Å². The lowest BCUT2D eigenvalue weighted by atomic mass is 10.2. The number of amides is 1. The number of piperazine rings is 1. The first-order chi connectivity index (χ1) is 15.7. The number of aromatic nitrogens is 4. The van der Waals surface area contributed by atoms with E-state index >= 15 is 0 Å². The Morgan fingerprint density at radius 1 is 1.00 bits per heavy atom. The lowest BCUT2D eigenvalue weighted by Crippen LogP contribution is -2.50. The Labute approximate surface area is 185 Å². The molecule has 3 aromatic heterocycles. The van der Waals surface area contributed by atoms with Crippen molar-refractivity contribution in [2.24, 2.45) is 0 Å². The molecule has 8 heteroatoms. The Bertz CT molecular complexity index is 1320. The van der Waals surface area contributed by atoms with Gasteiger partial charge >= 0.3 is 0 Å². The number of nitrogens with zero attached hydrogens (tertiary/aromatic N) is 6. The highest BCUT2D eigenvalue weighted by molar-refractivity contribution is 6.07. The van der Waals surface area contributed by atoms with E-state index in [0.717, 1.165) is 48.2 Å². The third kappa shape index (κ3) is 3.51. The lowest BCUT2D eigenvalue weighted by molar-refractivity contribution is -0.132. The molecular weight excluding hydrogens is 404 g/mol. The smallest absolute Gasteiger partial charge is 0.291 e. The molecule has 1 saturated heterocycles. The van der Waals surface area contributed by atoms with Crippen molar-refractivity contribution in [3.8, 4) is 0 Å². The van der Waals surface area contributed by atoms with Gasteiger partial charge in [-0.25, -0.2) is 9.67 Å². The summed E-state index contributed by atoms with van der Waals surface area (Å²) in [6.07, 6.45) is 4.41. The summed E-state index contributed by atoms with van der Waals surface area (Å²) in [6, 6.07) is 13.8. The van der Waals surface area contributed by atoms with Crippen LogP contribution < -0.4 is 10.5 Å². The first-order valence-electron chi connectivity index (χ1n) is 11.1. The van der Waals surface area contributed by atoms with Gasteiger partial charge in [-0.3, -0.25) is 9.59 Å². The van der Waals surface area contributed by atoms with Gasteiger partial charge in [0.1, 0.15) is 17.9 Å². The number of anilines is 1. The van der Waals surface area contributed by atoms with E-state index in [4.69, 9.17) is 0 Å². The van der Waals surface area contributed by atoms with E-state index in [2.05, 4.69) is 26.5 Å². The molecule has 0 atom stereocenters. The van der Waals surface area contributed by atoms with E-state index < -0.39 is 0 Å². The van der Waals surface area contributed by atoms with E-state index in [1.54, 1.807) is 17.3 Å². The second-order valence-corrected chi connectivity index (χ2v) is 8.09. The number of aryl methyl sites for hydroxylation is 1. The minimum atomic E-state index is -0.215. The third-order valence-electron chi connectivity index (χ3n) is 6.11. The van der Waals surface area contributed by atoms with Crippen LogP contribution >= 0.6 is 0 Å². The van der Waals surface area contributed by atoms with Crippen molar-refractivity contribution in [3.63, 3.8) is 0 Å². The molecule has 0 bridgehead atoms. The summed E-state index contributed by atoms with van der Waals surface area (Å²) < 4.78 is 3.36. The normalized spacial score (nSPS) is 14.4. The van der Waals surface area contributed by atoms with E-state index in [0.29, 0.717) is 18.6 Å². The molecule has 4 heterocycles. The number of carbonyl (C=O) groups excluding carboxylic acids is 1. The fourth-order valence-electron chi connectivity index (χ4n) is 4.52. The van der Waals surface area contributed by atoms with Crippen molar-refractivity contribution in [2.75, 3.05) is 31.1 Å². The number of rotatable bonds is 5. The zero-order chi connectivity index (χ0) is 22.1. The van der Waals surface area contributed by atoms with Gasteiger partial charge in [-0.2, -0.15) is 5.10 Å². The highest BCUT2D eigenvalue weighted by Crippen LogP contribution is 2.26. The molecular formula is C24H26N6O2. The average molecular weight is 431 g/mol. The third-order valence-corrected chi connectivity index (χ3v) is 6.11. The van der Waals surface area contributed by atoms with Crippen molar-refractivity contribution in [1.29, 1.82) is 0 Å². The van der Waals surface area contributed by atoms with Crippen molar-refractivity contribution in [1.82, 2.24) is 24.2 Å². The number of hydrogen-bond donors (Lipinski definition) is 0. The van der Waals surface area contributed by atoms with Crippen LogP contribution in [0.2, 0.25) is 0 Å². The van der Waals surface area contributed by atoms with Gasteiger partial charge in [0, 0.05) is 55.2 Å². The summed E-state index contributed by atoms with van der Waals surface area (Å²) in [7, 11) is 0. The van der Waals surface area contributed by atoms with Gasteiger partial charge in [-0.15, -0.1) is 0 Å². The predicted molar refractivity (Wildman–Crippen MR) is 125 cm³/mol. The van der Waals surface area contributed by atoms with E-state index in [1.165, 1.54) is 4.68 Å². The molecule has 0 unspecified atom stereocenters. The van der Waals surface area contributed by atoms with Crippen LogP contribution in [0.25, 0.3) is 21.8 Å². The molecule has 164 valence electrons. The van der Waals surface area contributed by atoms with E-state index in [1.807, 2.05) is 42.5 Å². The molecule has 0 radical (unpaired) electrons. The largest absolute Gasteiger partial charge is 0.353 e. The quantitative estimate of drug-likeness (QED) is 0.486. The van der Waals surface area contributed by atoms with Crippen LogP contribution in [-0.4, -0.2) is 56.3 Å². The summed E-state index contributed by atoms with van der Waals surface area (Å²) in [5.41, 5.74) is 1.43. The van der Waals surface area contributed by atoms with Gasteiger partial charge in [-0.05, 0) is 24.6 Å². The van der Waals surface area contributed by atoms with Gasteiger partial charge in [-0.1, -0.05) is 31.2 Å². The van der Waals surface area contributed by atoms with E-state index in [-0.39, 0.29) is 18.0 Å². The van der Waals surface area contributed by atoms with Gasteiger partial charge in [0.2, 0.25) is 5.91 Å². The minimum Gasteiger partial charge on any atom is -0.353 e. The summed E-state index contributed by atoms with van der Waals surface area (Å²) in [5, 5.41) is 6.21. The van der Waals surface area contributed by atoms with Gasteiger partial charge in [0.15, 0.2) is 0 Å². The molecule has 4 aromatic rings. The van der Waals surface area contributed by atoms with E-state index in [9.17, 15) is 9.59 Å². The summed E-state index contributed by atoms with van der Waals surface area (Å²) >= 11 is 0. The lowest BCUT2D eigenvalue weighted by Gasteiger charge is -2.35. The Kier molecular flexibility index (Phi) is 5.34. The second-order valence-electron chi connectivity index (χ2n) is 8.09. The molecule has 1 aromatic carbocycles. The van der Waals surface area contributed by atoms with Crippen molar-refractivity contribution < 1.29 is 4.79 Å². The Morgan fingerprint density at radius 3 is 2.53 bits per heavy atom. The molecule has 32 heavy (non-hydrogen) atoms. The predicted octanol–water partition coefficient (Wildman–Crippen LogP) is 2.51. The van der Waals surface area contributed by atoms with Crippen LogP contribution in [-0.2, 0) is 17.9 Å². The second kappa shape index (κ2) is 8.45. The Hall–Kier alpha value is -3.68. The van der Waals surface area contributed by atoms with Crippen LogP contribution in [0.5, 0.6) is 0 Å². The average Bonchev–Trinajstić information content (AvgIpc) is 3.16. The molecule has 1 fully saturated rings. The number of para-hydroxylation sites is 1. The van der Waals surface area contributed by atoms with Crippen molar-refractivity contribution in [3.05, 3.63) is 65.2 Å². The maximum atomic E-state index is 13.3. The van der Waals surface area contributed by atoms with Crippen LogP contribution in [0, 0.1) is 0 Å². The molecule has 5 rings (SSSR count). The highest BCUT2D eigenvalue weighted by Gasteiger charge is 2.23. The Morgan fingerprint density at radius 2 is 1.78 bits per heavy atom. The SMILES string of the molecule is CCCn1c2ccccc2c2cnn(CC(=O)N3CCN(c4ccccn4)CC3)c(=O)c21. The molecule has 0 aliphatic carbocycles. The topological polar surface area (TPSA) is 76.3 Å². The molecule has 0 spiro atoms. The summed E-state index contributed by atoms with van der Waals surface area (Å²) in [6.45, 7) is 5.42. The standard InChI is InChI=1S/C24H26N6O2/c1-2-11-29-20-8-4-3-7-18(20)19-16-26-30(24(32)23(19)29)17-22(31)28-14-12-27(13-15-28)21-9-5-6-10-25-21/h3-10,16H,2,11-15,17H2,1H3. The maximum Gasteiger partial charge on any atom is 0.291 e. The minimum absolute atomic E-state index is 0.0496.